The fraction of sp³-hybridized carbons (Fsp3) is 0.350. The first kappa shape index (κ1) is 19.9. The van der Waals surface area contributed by atoms with Crippen LogP contribution in [0.2, 0.25) is 0 Å². The quantitative estimate of drug-likeness (QED) is 0.680. The van der Waals surface area contributed by atoms with E-state index in [1.165, 1.54) is 19.1 Å². The van der Waals surface area contributed by atoms with Crippen molar-refractivity contribution >= 4 is 5.78 Å². The van der Waals surface area contributed by atoms with Crippen LogP contribution in [0, 0.1) is 5.82 Å². The minimum Gasteiger partial charge on any atom is -0.491 e. The van der Waals surface area contributed by atoms with Gasteiger partial charge in [-0.1, -0.05) is 24.3 Å². The van der Waals surface area contributed by atoms with E-state index in [9.17, 15) is 14.3 Å². The molecule has 2 aromatic carbocycles. The molecule has 2 unspecified atom stereocenters. The lowest BCUT2D eigenvalue weighted by molar-refractivity contribution is -0.118. The van der Waals surface area contributed by atoms with Gasteiger partial charge in [0.15, 0.2) is 11.6 Å². The second-order valence-electron chi connectivity index (χ2n) is 5.95. The number of ketones is 1. The van der Waals surface area contributed by atoms with Gasteiger partial charge in [0, 0.05) is 12.5 Å². The topological polar surface area (TPSA) is 76.0 Å². The fourth-order valence-electron chi connectivity index (χ4n) is 2.52. The Labute approximate surface area is 152 Å². The van der Waals surface area contributed by atoms with E-state index in [4.69, 9.17) is 14.6 Å². The highest BCUT2D eigenvalue weighted by Crippen LogP contribution is 2.23. The van der Waals surface area contributed by atoms with E-state index < -0.39 is 11.9 Å². The molecule has 6 heteroatoms. The van der Waals surface area contributed by atoms with Gasteiger partial charge in [-0.15, -0.1) is 0 Å². The highest BCUT2D eigenvalue weighted by atomic mass is 19.1. The van der Waals surface area contributed by atoms with Crippen molar-refractivity contribution in [3.8, 4) is 11.5 Å². The Morgan fingerprint density at radius 2 is 1.73 bits per heavy atom. The number of ether oxygens (including phenoxy) is 2. The van der Waals surface area contributed by atoms with Crippen molar-refractivity contribution in [2.75, 3.05) is 19.8 Å². The Bertz CT molecular complexity index is 702. The number of Topliss-reactive ketones (excluding diaryl/α,β-unsaturated/α-hetero) is 1. The molecule has 0 saturated carbocycles. The molecule has 2 N–H and O–H groups in total. The van der Waals surface area contributed by atoms with Gasteiger partial charge in [-0.25, -0.2) is 4.39 Å². The van der Waals surface area contributed by atoms with Gasteiger partial charge >= 0.3 is 0 Å². The maximum absolute atomic E-state index is 13.4. The number of carbonyl (C=O) groups excluding carboxylic acids is 1. The Balaban J connectivity index is 1.83. The summed E-state index contributed by atoms with van der Waals surface area (Å²) in [5.41, 5.74) is 0.808. The van der Waals surface area contributed by atoms with Crippen LogP contribution in [0.4, 0.5) is 4.39 Å². The standard InChI is InChI=1S/C20H23FO5/c1-14(23)18(10-11-22)15-6-8-17(9-7-15)25-12-16(24)13-26-20-5-3-2-4-19(20)21/h2-9,16,18,22,24H,10-13H2,1H3. The summed E-state index contributed by atoms with van der Waals surface area (Å²) in [7, 11) is 0. The molecule has 26 heavy (non-hydrogen) atoms. The molecule has 0 fully saturated rings. The first-order valence-corrected chi connectivity index (χ1v) is 8.40. The first-order chi connectivity index (χ1) is 12.5. The van der Waals surface area contributed by atoms with Crippen molar-refractivity contribution in [3.05, 3.63) is 59.9 Å². The summed E-state index contributed by atoms with van der Waals surface area (Å²) in [6.07, 6.45) is -0.546. The second kappa shape index (κ2) is 9.89. The van der Waals surface area contributed by atoms with Crippen molar-refractivity contribution in [1.29, 1.82) is 0 Å². The molecule has 0 heterocycles. The zero-order valence-corrected chi connectivity index (χ0v) is 14.6. The van der Waals surface area contributed by atoms with Gasteiger partial charge in [0.25, 0.3) is 0 Å². The minimum absolute atomic E-state index is 0.00608. The minimum atomic E-state index is -0.923. The van der Waals surface area contributed by atoms with Crippen LogP contribution in [0.15, 0.2) is 48.5 Å². The number of hydrogen-bond donors (Lipinski definition) is 2. The highest BCUT2D eigenvalue weighted by Gasteiger charge is 2.16. The van der Waals surface area contributed by atoms with Crippen LogP contribution in [0.5, 0.6) is 11.5 Å². The maximum Gasteiger partial charge on any atom is 0.165 e. The number of halogens is 1. The normalized spacial score (nSPS) is 13.1. The van der Waals surface area contributed by atoms with E-state index in [1.54, 1.807) is 36.4 Å². The Kier molecular flexibility index (Phi) is 7.56. The highest BCUT2D eigenvalue weighted by molar-refractivity contribution is 5.83. The Morgan fingerprint density at radius 1 is 1.08 bits per heavy atom. The van der Waals surface area contributed by atoms with Gasteiger partial charge in [-0.05, 0) is 43.2 Å². The molecule has 0 aliphatic rings. The van der Waals surface area contributed by atoms with Gasteiger partial charge in [-0.2, -0.15) is 0 Å². The third-order valence-corrected chi connectivity index (χ3v) is 3.90. The Morgan fingerprint density at radius 3 is 2.35 bits per heavy atom. The smallest absolute Gasteiger partial charge is 0.165 e. The van der Waals surface area contributed by atoms with Crippen LogP contribution in [0.25, 0.3) is 0 Å². The average molecular weight is 362 g/mol. The number of para-hydroxylation sites is 1. The summed E-state index contributed by atoms with van der Waals surface area (Å²) in [4.78, 5) is 11.6. The van der Waals surface area contributed by atoms with E-state index >= 15 is 0 Å². The van der Waals surface area contributed by atoms with Crippen molar-refractivity contribution in [2.45, 2.75) is 25.4 Å². The van der Waals surface area contributed by atoms with Crippen LogP contribution >= 0.6 is 0 Å². The van der Waals surface area contributed by atoms with Crippen molar-refractivity contribution < 1.29 is 28.9 Å². The molecule has 0 amide bonds. The first-order valence-electron chi connectivity index (χ1n) is 8.40. The van der Waals surface area contributed by atoms with E-state index in [2.05, 4.69) is 0 Å². The van der Waals surface area contributed by atoms with Crippen LogP contribution in [-0.4, -0.2) is 41.9 Å². The summed E-state index contributed by atoms with van der Waals surface area (Å²) in [6, 6.07) is 12.9. The van der Waals surface area contributed by atoms with Crippen LogP contribution in [0.3, 0.4) is 0 Å². The molecule has 0 saturated heterocycles. The molecule has 0 aromatic heterocycles. The van der Waals surface area contributed by atoms with Gasteiger partial charge < -0.3 is 19.7 Å². The molecule has 0 radical (unpaired) electrons. The molecule has 2 aromatic rings. The van der Waals surface area contributed by atoms with Crippen LogP contribution < -0.4 is 9.47 Å². The summed E-state index contributed by atoms with van der Waals surface area (Å²) in [6.45, 7) is 1.33. The van der Waals surface area contributed by atoms with Crippen molar-refractivity contribution in [2.24, 2.45) is 0 Å². The van der Waals surface area contributed by atoms with Crippen LogP contribution in [-0.2, 0) is 4.79 Å². The molecule has 5 nitrogen and oxygen atoms in total. The SMILES string of the molecule is CC(=O)C(CCO)c1ccc(OCC(O)COc2ccccc2F)cc1. The molecule has 2 rings (SSSR count). The summed E-state index contributed by atoms with van der Waals surface area (Å²) in [5, 5.41) is 19.0. The zero-order valence-electron chi connectivity index (χ0n) is 14.6. The average Bonchev–Trinajstić information content (AvgIpc) is 2.64. The number of aliphatic hydroxyl groups excluding tert-OH is 2. The van der Waals surface area contributed by atoms with Gasteiger partial charge in [0.05, 0.1) is 0 Å². The largest absolute Gasteiger partial charge is 0.491 e. The Hall–Kier alpha value is -2.44. The fourth-order valence-corrected chi connectivity index (χ4v) is 2.52. The molecule has 0 bridgehead atoms. The second-order valence-corrected chi connectivity index (χ2v) is 5.95. The van der Waals surface area contributed by atoms with E-state index in [-0.39, 0.29) is 37.3 Å². The monoisotopic (exact) mass is 362 g/mol. The summed E-state index contributed by atoms with van der Waals surface area (Å²) >= 11 is 0. The molecular weight excluding hydrogens is 339 g/mol. The lowest BCUT2D eigenvalue weighted by atomic mass is 9.92. The summed E-state index contributed by atoms with van der Waals surface area (Å²) in [5.74, 6) is -0.221. The predicted octanol–water partition coefficient (Wildman–Crippen LogP) is 2.70. The molecule has 0 aliphatic heterocycles. The van der Waals surface area contributed by atoms with Crippen molar-refractivity contribution in [3.63, 3.8) is 0 Å². The van der Waals surface area contributed by atoms with Crippen molar-refractivity contribution in [1.82, 2.24) is 0 Å². The molecular formula is C20H23FO5. The van der Waals surface area contributed by atoms with Gasteiger partial charge in [0.2, 0.25) is 0 Å². The predicted molar refractivity (Wildman–Crippen MR) is 95.0 cm³/mol. The molecule has 140 valence electrons. The van der Waals surface area contributed by atoms with E-state index in [1.807, 2.05) is 0 Å². The molecule has 0 spiro atoms. The lowest BCUT2D eigenvalue weighted by Gasteiger charge is -2.15. The summed E-state index contributed by atoms with van der Waals surface area (Å²) < 4.78 is 24.1. The maximum atomic E-state index is 13.4. The number of aliphatic hydroxyl groups is 2. The zero-order chi connectivity index (χ0) is 18.9. The number of carbonyl (C=O) groups is 1. The number of benzene rings is 2. The molecule has 0 aliphatic carbocycles. The van der Waals surface area contributed by atoms with E-state index in [0.717, 1.165) is 5.56 Å². The van der Waals surface area contributed by atoms with Crippen LogP contribution in [0.1, 0.15) is 24.8 Å². The third-order valence-electron chi connectivity index (χ3n) is 3.90. The number of rotatable bonds is 10. The van der Waals surface area contributed by atoms with Gasteiger partial charge in [-0.3, -0.25) is 4.79 Å². The van der Waals surface area contributed by atoms with E-state index in [0.29, 0.717) is 12.2 Å². The lowest BCUT2D eigenvalue weighted by Crippen LogP contribution is -2.25. The number of hydrogen-bond acceptors (Lipinski definition) is 5. The molecule has 2 atom stereocenters. The van der Waals surface area contributed by atoms with Gasteiger partial charge in [0.1, 0.15) is 30.9 Å². The third kappa shape index (κ3) is 5.82.